The van der Waals surface area contributed by atoms with Gasteiger partial charge in [-0.1, -0.05) is 0 Å². The Balaban J connectivity index is 2.36. The summed E-state index contributed by atoms with van der Waals surface area (Å²) < 4.78 is 30.5. The van der Waals surface area contributed by atoms with Crippen molar-refractivity contribution in [3.8, 4) is 0 Å². The zero-order chi connectivity index (χ0) is 14.3. The lowest BCUT2D eigenvalue weighted by Gasteiger charge is -2.34. The summed E-state index contributed by atoms with van der Waals surface area (Å²) >= 11 is 0. The molecule has 0 aromatic carbocycles. The van der Waals surface area contributed by atoms with Crippen molar-refractivity contribution < 1.29 is 17.9 Å². The molecule has 1 fully saturated rings. The Morgan fingerprint density at radius 2 is 2.26 bits per heavy atom. The molecule has 1 atom stereocenters. The van der Waals surface area contributed by atoms with Crippen molar-refractivity contribution in [2.75, 3.05) is 45.1 Å². The van der Waals surface area contributed by atoms with Crippen LogP contribution in [0.4, 0.5) is 0 Å². The first-order valence-corrected chi connectivity index (χ1v) is 8.16. The maximum atomic E-state index is 11.9. The first-order valence-electron chi connectivity index (χ1n) is 6.51. The number of rotatable bonds is 7. The van der Waals surface area contributed by atoms with Crippen LogP contribution in [-0.4, -0.2) is 70.4 Å². The normalized spacial score (nSPS) is 20.5. The minimum absolute atomic E-state index is 0.0918. The largest absolute Gasteiger partial charge is 0.381 e. The van der Waals surface area contributed by atoms with Gasteiger partial charge in [0.1, 0.15) is 0 Å². The molecule has 0 aliphatic carbocycles. The average molecular weight is 293 g/mol. The van der Waals surface area contributed by atoms with Crippen molar-refractivity contribution in [1.29, 1.82) is 0 Å². The molecular weight excluding hydrogens is 270 g/mol. The summed E-state index contributed by atoms with van der Waals surface area (Å²) in [4.78, 5) is 13.6. The van der Waals surface area contributed by atoms with E-state index in [2.05, 4.69) is 10.0 Å². The van der Waals surface area contributed by atoms with E-state index in [4.69, 9.17) is 4.74 Å². The SMILES string of the molecule is CCOCCS(=O)(=O)NCC(=O)N1CCNCC1C. The van der Waals surface area contributed by atoms with Gasteiger partial charge in [0.05, 0.1) is 18.9 Å². The van der Waals surface area contributed by atoms with Crippen LogP contribution in [0.25, 0.3) is 0 Å². The summed E-state index contributed by atoms with van der Waals surface area (Å²) in [6.07, 6.45) is 0. The zero-order valence-electron chi connectivity index (χ0n) is 11.5. The number of piperazine rings is 1. The summed E-state index contributed by atoms with van der Waals surface area (Å²) in [6.45, 7) is 6.27. The number of amides is 1. The summed E-state index contributed by atoms with van der Waals surface area (Å²) in [5.41, 5.74) is 0. The molecule has 1 aliphatic rings. The lowest BCUT2D eigenvalue weighted by Crippen LogP contribution is -2.54. The van der Waals surface area contributed by atoms with Crippen LogP contribution in [-0.2, 0) is 19.6 Å². The van der Waals surface area contributed by atoms with E-state index in [1.54, 1.807) is 11.8 Å². The highest BCUT2D eigenvalue weighted by atomic mass is 32.2. The van der Waals surface area contributed by atoms with E-state index in [-0.39, 0.29) is 30.9 Å². The van der Waals surface area contributed by atoms with Gasteiger partial charge < -0.3 is 15.0 Å². The van der Waals surface area contributed by atoms with E-state index < -0.39 is 10.0 Å². The van der Waals surface area contributed by atoms with Gasteiger partial charge in [-0.3, -0.25) is 4.79 Å². The van der Waals surface area contributed by atoms with Crippen LogP contribution in [0.1, 0.15) is 13.8 Å². The Kier molecular flexibility index (Phi) is 6.70. The van der Waals surface area contributed by atoms with E-state index >= 15 is 0 Å². The summed E-state index contributed by atoms with van der Waals surface area (Å²) in [7, 11) is -3.44. The summed E-state index contributed by atoms with van der Waals surface area (Å²) in [5.74, 6) is -0.306. The predicted molar refractivity (Wildman–Crippen MR) is 72.3 cm³/mol. The first kappa shape index (κ1) is 16.4. The molecule has 8 heteroatoms. The molecule has 1 heterocycles. The van der Waals surface area contributed by atoms with Crippen molar-refractivity contribution in [2.45, 2.75) is 19.9 Å². The maximum Gasteiger partial charge on any atom is 0.237 e. The zero-order valence-corrected chi connectivity index (χ0v) is 12.3. The van der Waals surface area contributed by atoms with Crippen molar-refractivity contribution in [3.05, 3.63) is 0 Å². The Morgan fingerprint density at radius 3 is 2.89 bits per heavy atom. The topological polar surface area (TPSA) is 87.7 Å². The quantitative estimate of drug-likeness (QED) is 0.574. The van der Waals surface area contributed by atoms with Gasteiger partial charge in [-0.25, -0.2) is 13.1 Å². The Bertz CT molecular complexity index is 385. The van der Waals surface area contributed by atoms with Crippen molar-refractivity contribution in [3.63, 3.8) is 0 Å². The minimum atomic E-state index is -3.44. The highest BCUT2D eigenvalue weighted by Gasteiger charge is 2.23. The number of nitrogens with zero attached hydrogens (tertiary/aromatic N) is 1. The van der Waals surface area contributed by atoms with Gasteiger partial charge in [-0.05, 0) is 13.8 Å². The molecule has 0 aromatic heterocycles. The molecule has 0 saturated carbocycles. The third-order valence-electron chi connectivity index (χ3n) is 2.97. The molecule has 1 saturated heterocycles. The van der Waals surface area contributed by atoms with E-state index in [9.17, 15) is 13.2 Å². The second kappa shape index (κ2) is 7.78. The van der Waals surface area contributed by atoms with Gasteiger partial charge in [0.2, 0.25) is 15.9 Å². The number of hydrogen-bond acceptors (Lipinski definition) is 5. The van der Waals surface area contributed by atoms with Crippen LogP contribution < -0.4 is 10.0 Å². The highest BCUT2D eigenvalue weighted by molar-refractivity contribution is 7.89. The predicted octanol–water partition coefficient (Wildman–Crippen LogP) is -1.24. The van der Waals surface area contributed by atoms with Crippen LogP contribution in [0, 0.1) is 0 Å². The first-order chi connectivity index (χ1) is 8.96. The second-order valence-corrected chi connectivity index (χ2v) is 6.40. The molecule has 2 N–H and O–H groups in total. The molecule has 19 heavy (non-hydrogen) atoms. The van der Waals surface area contributed by atoms with Crippen LogP contribution >= 0.6 is 0 Å². The third-order valence-corrected chi connectivity index (χ3v) is 4.25. The molecule has 7 nitrogen and oxygen atoms in total. The average Bonchev–Trinajstić information content (AvgIpc) is 2.37. The van der Waals surface area contributed by atoms with E-state index in [0.29, 0.717) is 13.2 Å². The van der Waals surface area contributed by atoms with E-state index in [1.807, 2.05) is 6.92 Å². The van der Waals surface area contributed by atoms with Crippen molar-refractivity contribution in [1.82, 2.24) is 14.9 Å². The van der Waals surface area contributed by atoms with Gasteiger partial charge in [0.25, 0.3) is 0 Å². The Hall–Kier alpha value is -0.700. The van der Waals surface area contributed by atoms with Gasteiger partial charge in [-0.2, -0.15) is 0 Å². The fraction of sp³-hybridized carbons (Fsp3) is 0.909. The maximum absolute atomic E-state index is 11.9. The molecular formula is C11H23N3O4S. The highest BCUT2D eigenvalue weighted by Crippen LogP contribution is 2.02. The molecule has 0 aromatic rings. The number of hydrogen-bond donors (Lipinski definition) is 2. The molecule has 1 rings (SSSR count). The fourth-order valence-electron chi connectivity index (χ4n) is 1.87. The molecule has 0 spiro atoms. The van der Waals surface area contributed by atoms with Gasteiger partial charge in [-0.15, -0.1) is 0 Å². The van der Waals surface area contributed by atoms with Crippen LogP contribution in [0.15, 0.2) is 0 Å². The standard InChI is InChI=1S/C11H23N3O4S/c1-3-18-6-7-19(16,17)13-9-11(15)14-5-4-12-8-10(14)2/h10,12-13H,3-9H2,1-2H3. The minimum Gasteiger partial charge on any atom is -0.381 e. The number of carbonyl (C=O) groups excluding carboxylic acids is 1. The number of ether oxygens (including phenoxy) is 1. The monoisotopic (exact) mass is 293 g/mol. The fourth-order valence-corrected chi connectivity index (χ4v) is 2.69. The summed E-state index contributed by atoms with van der Waals surface area (Å²) in [5, 5.41) is 3.18. The summed E-state index contributed by atoms with van der Waals surface area (Å²) in [6, 6.07) is 0.0918. The second-order valence-electron chi connectivity index (χ2n) is 4.48. The molecule has 1 amide bonds. The molecule has 0 radical (unpaired) electrons. The number of carbonyl (C=O) groups is 1. The van der Waals surface area contributed by atoms with Crippen LogP contribution in [0.2, 0.25) is 0 Å². The molecule has 1 aliphatic heterocycles. The third kappa shape index (κ3) is 5.85. The van der Waals surface area contributed by atoms with Crippen LogP contribution in [0.3, 0.4) is 0 Å². The van der Waals surface area contributed by atoms with E-state index in [1.165, 1.54) is 0 Å². The number of sulfonamides is 1. The number of nitrogens with one attached hydrogen (secondary N) is 2. The van der Waals surface area contributed by atoms with Gasteiger partial charge in [0.15, 0.2) is 0 Å². The van der Waals surface area contributed by atoms with Gasteiger partial charge in [0, 0.05) is 32.3 Å². The van der Waals surface area contributed by atoms with E-state index in [0.717, 1.165) is 13.1 Å². The van der Waals surface area contributed by atoms with Crippen molar-refractivity contribution in [2.24, 2.45) is 0 Å². The molecule has 112 valence electrons. The molecule has 1 unspecified atom stereocenters. The lowest BCUT2D eigenvalue weighted by atomic mass is 10.2. The van der Waals surface area contributed by atoms with Crippen molar-refractivity contribution >= 4 is 15.9 Å². The molecule has 0 bridgehead atoms. The van der Waals surface area contributed by atoms with Crippen LogP contribution in [0.5, 0.6) is 0 Å². The lowest BCUT2D eigenvalue weighted by molar-refractivity contribution is -0.132. The van der Waals surface area contributed by atoms with Gasteiger partial charge >= 0.3 is 0 Å². The Morgan fingerprint density at radius 1 is 1.53 bits per heavy atom. The Labute approximate surface area is 114 Å². The smallest absolute Gasteiger partial charge is 0.237 e.